The molecule has 0 aliphatic heterocycles. The number of benzene rings is 1. The van der Waals surface area contributed by atoms with Crippen molar-refractivity contribution in [2.75, 3.05) is 27.7 Å². The first-order valence-corrected chi connectivity index (χ1v) is 8.63. The fourth-order valence-electron chi connectivity index (χ4n) is 2.71. The van der Waals surface area contributed by atoms with E-state index in [1.54, 1.807) is 0 Å². The van der Waals surface area contributed by atoms with Crippen LogP contribution in [0.5, 0.6) is 0 Å². The van der Waals surface area contributed by atoms with Crippen molar-refractivity contribution in [3.8, 4) is 0 Å². The van der Waals surface area contributed by atoms with E-state index in [1.807, 2.05) is 38.2 Å². The zero-order valence-corrected chi connectivity index (χ0v) is 18.7. The number of nitrogens with one attached hydrogen (secondary N) is 1. The summed E-state index contributed by atoms with van der Waals surface area (Å²) in [6.45, 7) is 4.79. The quantitative estimate of drug-likeness (QED) is 0.384. The van der Waals surface area contributed by atoms with Gasteiger partial charge in [0.25, 0.3) is 0 Å². The number of halogens is 1. The monoisotopic (exact) mass is 470 g/mol. The van der Waals surface area contributed by atoms with E-state index >= 15 is 0 Å². The summed E-state index contributed by atoms with van der Waals surface area (Å²) in [7, 11) is 7.95. The summed E-state index contributed by atoms with van der Waals surface area (Å²) < 4.78 is 1.82. The molecule has 1 aromatic heterocycles. The molecule has 0 spiro atoms. The summed E-state index contributed by atoms with van der Waals surface area (Å²) in [5.74, 6) is 0.892. The third-order valence-corrected chi connectivity index (χ3v) is 4.33. The highest BCUT2D eigenvalue weighted by atomic mass is 127. The topological polar surface area (TPSA) is 48.7 Å². The van der Waals surface area contributed by atoms with E-state index < -0.39 is 0 Å². The first-order chi connectivity index (χ1) is 12.0. The Kier molecular flexibility index (Phi) is 9.64. The molecular weight excluding hydrogens is 439 g/mol. The van der Waals surface area contributed by atoms with E-state index in [4.69, 9.17) is 0 Å². The number of aryl methyl sites for hydroxylation is 1. The van der Waals surface area contributed by atoms with Gasteiger partial charge in [-0.1, -0.05) is 30.3 Å². The van der Waals surface area contributed by atoms with Gasteiger partial charge in [-0.2, -0.15) is 5.10 Å². The lowest BCUT2D eigenvalue weighted by atomic mass is 10.2. The standard InChI is InChI=1S/C19H30N6.HI/c1-16(23(3)13-17-9-7-6-8-10-17)11-21-19(20-2)24(4)14-18-12-22-25(5)15-18;/h6-10,12,15-16H,11,13-14H2,1-5H3,(H,20,21);1H. The summed E-state index contributed by atoms with van der Waals surface area (Å²) >= 11 is 0. The van der Waals surface area contributed by atoms with Gasteiger partial charge in [0.1, 0.15) is 0 Å². The minimum atomic E-state index is 0. The number of hydrogen-bond acceptors (Lipinski definition) is 3. The van der Waals surface area contributed by atoms with Gasteiger partial charge in [-0.05, 0) is 19.5 Å². The van der Waals surface area contributed by atoms with Crippen LogP contribution in [0, 0.1) is 0 Å². The second-order valence-corrected chi connectivity index (χ2v) is 6.56. The van der Waals surface area contributed by atoms with Crippen molar-refractivity contribution in [3.05, 3.63) is 53.9 Å². The van der Waals surface area contributed by atoms with Gasteiger partial charge in [-0.3, -0.25) is 14.6 Å². The molecule has 0 bridgehead atoms. The first-order valence-electron chi connectivity index (χ1n) is 8.63. The van der Waals surface area contributed by atoms with Gasteiger partial charge in [0, 0.05) is 58.6 Å². The normalized spacial score (nSPS) is 12.6. The molecule has 144 valence electrons. The van der Waals surface area contributed by atoms with E-state index in [0.29, 0.717) is 6.04 Å². The second-order valence-electron chi connectivity index (χ2n) is 6.56. The lowest BCUT2D eigenvalue weighted by Gasteiger charge is -2.28. The summed E-state index contributed by atoms with van der Waals surface area (Å²) in [5, 5.41) is 7.68. The molecule has 0 radical (unpaired) electrons. The van der Waals surface area contributed by atoms with Gasteiger partial charge >= 0.3 is 0 Å². The molecule has 26 heavy (non-hydrogen) atoms. The van der Waals surface area contributed by atoms with Crippen molar-refractivity contribution in [3.63, 3.8) is 0 Å². The van der Waals surface area contributed by atoms with Crippen molar-refractivity contribution in [2.45, 2.75) is 26.1 Å². The van der Waals surface area contributed by atoms with Crippen LogP contribution >= 0.6 is 24.0 Å². The van der Waals surface area contributed by atoms with E-state index in [1.165, 1.54) is 11.1 Å². The molecule has 1 aromatic carbocycles. The highest BCUT2D eigenvalue weighted by molar-refractivity contribution is 14.0. The molecule has 0 aliphatic carbocycles. The Labute approximate surface area is 174 Å². The van der Waals surface area contributed by atoms with Crippen LogP contribution in [0.15, 0.2) is 47.7 Å². The molecule has 1 atom stereocenters. The number of aromatic nitrogens is 2. The Hall–Kier alpha value is -1.61. The number of nitrogens with zero attached hydrogens (tertiary/aromatic N) is 5. The van der Waals surface area contributed by atoms with Gasteiger partial charge in [-0.25, -0.2) is 0 Å². The molecule has 0 fully saturated rings. The van der Waals surface area contributed by atoms with Gasteiger partial charge in [-0.15, -0.1) is 24.0 Å². The number of rotatable bonds is 7. The van der Waals surface area contributed by atoms with E-state index in [-0.39, 0.29) is 24.0 Å². The lowest BCUT2D eigenvalue weighted by Crippen LogP contribution is -2.45. The Morgan fingerprint density at radius 2 is 1.88 bits per heavy atom. The van der Waals surface area contributed by atoms with Crippen LogP contribution in [0.4, 0.5) is 0 Å². The van der Waals surface area contributed by atoms with E-state index in [2.05, 4.69) is 69.5 Å². The average molecular weight is 470 g/mol. The van der Waals surface area contributed by atoms with Crippen molar-refractivity contribution in [2.24, 2.45) is 12.0 Å². The molecule has 2 aromatic rings. The molecule has 2 rings (SSSR count). The predicted molar refractivity (Wildman–Crippen MR) is 119 cm³/mol. The predicted octanol–water partition coefficient (Wildman–Crippen LogP) is 2.57. The Balaban J connectivity index is 0.00000338. The SMILES string of the molecule is CN=C(NCC(C)N(C)Cc1ccccc1)N(C)Cc1cnn(C)c1.I. The second kappa shape index (κ2) is 11.2. The molecular formula is C19H31IN6. The summed E-state index contributed by atoms with van der Waals surface area (Å²) in [6.07, 6.45) is 3.92. The minimum Gasteiger partial charge on any atom is -0.355 e. The highest BCUT2D eigenvalue weighted by Gasteiger charge is 2.13. The van der Waals surface area contributed by atoms with E-state index in [0.717, 1.165) is 25.6 Å². The maximum atomic E-state index is 4.39. The third-order valence-electron chi connectivity index (χ3n) is 4.33. The number of aliphatic imine (C=N–C) groups is 1. The first kappa shape index (κ1) is 22.4. The maximum absolute atomic E-state index is 4.39. The summed E-state index contributed by atoms with van der Waals surface area (Å²) in [6, 6.07) is 10.9. The van der Waals surface area contributed by atoms with Gasteiger partial charge in [0.15, 0.2) is 5.96 Å². The molecule has 1 unspecified atom stereocenters. The molecule has 6 nitrogen and oxygen atoms in total. The number of guanidine groups is 1. The number of hydrogen-bond donors (Lipinski definition) is 1. The minimum absolute atomic E-state index is 0. The molecule has 0 saturated carbocycles. The molecule has 1 N–H and O–H groups in total. The summed E-state index contributed by atoms with van der Waals surface area (Å²) in [5.41, 5.74) is 2.50. The third kappa shape index (κ3) is 6.95. The van der Waals surface area contributed by atoms with Gasteiger partial charge in [0.2, 0.25) is 0 Å². The molecule has 7 heteroatoms. The molecule has 1 heterocycles. The fourth-order valence-corrected chi connectivity index (χ4v) is 2.71. The fraction of sp³-hybridized carbons (Fsp3) is 0.474. The summed E-state index contributed by atoms with van der Waals surface area (Å²) in [4.78, 5) is 8.85. The zero-order chi connectivity index (χ0) is 18.2. The van der Waals surface area contributed by atoms with Crippen molar-refractivity contribution in [1.29, 1.82) is 0 Å². The average Bonchev–Trinajstić information content (AvgIpc) is 3.00. The van der Waals surface area contributed by atoms with Crippen molar-refractivity contribution in [1.82, 2.24) is 24.9 Å². The van der Waals surface area contributed by atoms with Crippen LogP contribution in [-0.4, -0.2) is 59.3 Å². The van der Waals surface area contributed by atoms with Gasteiger partial charge in [0.05, 0.1) is 6.20 Å². The Bertz CT molecular complexity index is 670. The van der Waals surface area contributed by atoms with Crippen LogP contribution in [0.25, 0.3) is 0 Å². The Morgan fingerprint density at radius 3 is 2.46 bits per heavy atom. The van der Waals surface area contributed by atoms with Crippen LogP contribution in [0.2, 0.25) is 0 Å². The highest BCUT2D eigenvalue weighted by Crippen LogP contribution is 2.06. The van der Waals surface area contributed by atoms with Crippen LogP contribution < -0.4 is 5.32 Å². The zero-order valence-electron chi connectivity index (χ0n) is 16.4. The molecule has 0 amide bonds. The van der Waals surface area contributed by atoms with Crippen molar-refractivity contribution >= 4 is 29.9 Å². The van der Waals surface area contributed by atoms with Crippen LogP contribution in [-0.2, 0) is 20.1 Å². The van der Waals surface area contributed by atoms with Crippen LogP contribution in [0.1, 0.15) is 18.1 Å². The van der Waals surface area contributed by atoms with E-state index in [9.17, 15) is 0 Å². The largest absolute Gasteiger partial charge is 0.355 e. The molecule has 0 aliphatic rings. The maximum Gasteiger partial charge on any atom is 0.193 e. The van der Waals surface area contributed by atoms with Gasteiger partial charge < -0.3 is 10.2 Å². The lowest BCUT2D eigenvalue weighted by molar-refractivity contribution is 0.247. The number of likely N-dealkylation sites (N-methyl/N-ethyl adjacent to an activating group) is 1. The Morgan fingerprint density at radius 1 is 1.19 bits per heavy atom. The smallest absolute Gasteiger partial charge is 0.193 e. The van der Waals surface area contributed by atoms with Crippen LogP contribution in [0.3, 0.4) is 0 Å². The molecule has 0 saturated heterocycles. The van der Waals surface area contributed by atoms with Crippen molar-refractivity contribution < 1.29 is 0 Å².